The molecule has 0 atom stereocenters. The van der Waals surface area contributed by atoms with Crippen LogP contribution >= 0.6 is 15.9 Å². The van der Waals surface area contributed by atoms with Crippen molar-refractivity contribution in [1.29, 1.82) is 0 Å². The standard InChI is InChI=1S/C8H6BrFN2/c1-5-7-6(10)3-2-4-12(7)8(9)11-5/h2-4H,1H3. The van der Waals surface area contributed by atoms with Crippen LogP contribution in [0.5, 0.6) is 0 Å². The van der Waals surface area contributed by atoms with Gasteiger partial charge in [-0.2, -0.15) is 0 Å². The van der Waals surface area contributed by atoms with Crippen molar-refractivity contribution in [1.82, 2.24) is 9.38 Å². The Bertz CT molecular complexity index is 436. The van der Waals surface area contributed by atoms with Gasteiger partial charge >= 0.3 is 0 Å². The minimum Gasteiger partial charge on any atom is -0.291 e. The Morgan fingerprint density at radius 2 is 2.33 bits per heavy atom. The highest BCUT2D eigenvalue weighted by molar-refractivity contribution is 9.10. The van der Waals surface area contributed by atoms with Gasteiger partial charge in [0.15, 0.2) is 4.73 Å². The third kappa shape index (κ3) is 0.948. The van der Waals surface area contributed by atoms with Crippen LogP contribution in [0.2, 0.25) is 0 Å². The van der Waals surface area contributed by atoms with Gasteiger partial charge in [0, 0.05) is 6.20 Å². The van der Waals surface area contributed by atoms with Crippen molar-refractivity contribution in [3.8, 4) is 0 Å². The zero-order valence-corrected chi connectivity index (χ0v) is 7.97. The van der Waals surface area contributed by atoms with Crippen molar-refractivity contribution >= 4 is 21.4 Å². The molecule has 0 N–H and O–H groups in total. The number of nitrogens with zero attached hydrogens (tertiary/aromatic N) is 2. The van der Waals surface area contributed by atoms with Crippen LogP contribution in [0.1, 0.15) is 5.69 Å². The van der Waals surface area contributed by atoms with Crippen LogP contribution in [0.15, 0.2) is 23.1 Å². The Morgan fingerprint density at radius 3 is 3.00 bits per heavy atom. The van der Waals surface area contributed by atoms with E-state index in [0.717, 1.165) is 0 Å². The zero-order chi connectivity index (χ0) is 8.72. The monoisotopic (exact) mass is 228 g/mol. The molecule has 0 saturated carbocycles. The van der Waals surface area contributed by atoms with E-state index in [2.05, 4.69) is 20.9 Å². The lowest BCUT2D eigenvalue weighted by Gasteiger charge is -1.95. The number of rotatable bonds is 0. The van der Waals surface area contributed by atoms with Crippen LogP contribution in [-0.2, 0) is 0 Å². The van der Waals surface area contributed by atoms with Gasteiger partial charge in [0.2, 0.25) is 0 Å². The van der Waals surface area contributed by atoms with Gasteiger partial charge in [-0.3, -0.25) is 4.40 Å². The van der Waals surface area contributed by atoms with Gasteiger partial charge in [-0.15, -0.1) is 0 Å². The number of aryl methyl sites for hydroxylation is 1. The maximum absolute atomic E-state index is 13.2. The van der Waals surface area contributed by atoms with Crippen LogP contribution in [0.4, 0.5) is 4.39 Å². The van der Waals surface area contributed by atoms with E-state index in [1.165, 1.54) is 6.07 Å². The Kier molecular flexibility index (Phi) is 1.65. The highest BCUT2D eigenvalue weighted by Gasteiger charge is 2.08. The van der Waals surface area contributed by atoms with E-state index in [0.29, 0.717) is 15.9 Å². The van der Waals surface area contributed by atoms with Crippen LogP contribution < -0.4 is 0 Å². The molecule has 0 aromatic carbocycles. The van der Waals surface area contributed by atoms with Gasteiger partial charge in [0.05, 0.1) is 5.69 Å². The zero-order valence-electron chi connectivity index (χ0n) is 6.38. The second kappa shape index (κ2) is 2.55. The summed E-state index contributed by atoms with van der Waals surface area (Å²) < 4.78 is 15.5. The van der Waals surface area contributed by atoms with Crippen LogP contribution in [0.3, 0.4) is 0 Å². The molecule has 2 aromatic rings. The van der Waals surface area contributed by atoms with Gasteiger partial charge in [0.1, 0.15) is 11.3 Å². The molecule has 4 heteroatoms. The molecule has 2 nitrogen and oxygen atoms in total. The Morgan fingerprint density at radius 1 is 1.58 bits per heavy atom. The summed E-state index contributed by atoms with van der Waals surface area (Å²) in [5.41, 5.74) is 1.23. The van der Waals surface area contributed by atoms with Gasteiger partial charge in [-0.25, -0.2) is 9.37 Å². The molecule has 0 aliphatic rings. The number of hydrogen-bond donors (Lipinski definition) is 0. The summed E-state index contributed by atoms with van der Waals surface area (Å²) in [5, 5.41) is 0. The third-order valence-electron chi connectivity index (χ3n) is 1.75. The molecule has 2 heterocycles. The molecule has 0 aliphatic carbocycles. The van der Waals surface area contributed by atoms with Gasteiger partial charge in [-0.1, -0.05) is 0 Å². The molecule has 0 fully saturated rings. The molecule has 0 bridgehead atoms. The first-order chi connectivity index (χ1) is 5.70. The quantitative estimate of drug-likeness (QED) is 0.678. The summed E-state index contributed by atoms with van der Waals surface area (Å²) in [6, 6.07) is 3.07. The average Bonchev–Trinajstić information content (AvgIpc) is 2.29. The van der Waals surface area contributed by atoms with Crippen molar-refractivity contribution < 1.29 is 4.39 Å². The van der Waals surface area contributed by atoms with Gasteiger partial charge in [-0.05, 0) is 35.0 Å². The molecule has 2 rings (SSSR count). The molecule has 0 amide bonds. The smallest absolute Gasteiger partial charge is 0.182 e. The molecule has 0 aliphatic heterocycles. The fourth-order valence-corrected chi connectivity index (χ4v) is 1.79. The van der Waals surface area contributed by atoms with Crippen molar-refractivity contribution in [3.63, 3.8) is 0 Å². The summed E-state index contributed by atoms with van der Waals surface area (Å²) in [5.74, 6) is -0.242. The number of imidazole rings is 1. The van der Waals surface area contributed by atoms with Crippen molar-refractivity contribution in [2.75, 3.05) is 0 Å². The number of fused-ring (bicyclic) bond motifs is 1. The predicted molar refractivity (Wildman–Crippen MR) is 47.6 cm³/mol. The normalized spacial score (nSPS) is 10.9. The number of aromatic nitrogens is 2. The van der Waals surface area contributed by atoms with E-state index >= 15 is 0 Å². The lowest BCUT2D eigenvalue weighted by molar-refractivity contribution is 0.632. The van der Waals surface area contributed by atoms with E-state index in [4.69, 9.17) is 0 Å². The van der Waals surface area contributed by atoms with E-state index in [1.807, 2.05) is 0 Å². The van der Waals surface area contributed by atoms with Crippen molar-refractivity contribution in [3.05, 3.63) is 34.6 Å². The van der Waals surface area contributed by atoms with Crippen LogP contribution in [0.25, 0.3) is 5.52 Å². The van der Waals surface area contributed by atoms with E-state index in [9.17, 15) is 4.39 Å². The Labute approximate surface area is 77.2 Å². The number of hydrogen-bond acceptors (Lipinski definition) is 1. The summed E-state index contributed by atoms with van der Waals surface area (Å²) in [6.07, 6.45) is 1.77. The summed E-state index contributed by atoms with van der Waals surface area (Å²) in [4.78, 5) is 4.09. The number of halogens is 2. The lowest BCUT2D eigenvalue weighted by Crippen LogP contribution is -1.86. The van der Waals surface area contributed by atoms with E-state index in [1.54, 1.807) is 23.6 Å². The molecule has 0 unspecified atom stereocenters. The van der Waals surface area contributed by atoms with Crippen LogP contribution in [0, 0.1) is 12.7 Å². The summed E-state index contributed by atoms with van der Waals surface area (Å²) in [7, 11) is 0. The topological polar surface area (TPSA) is 17.3 Å². The molecule has 0 saturated heterocycles. The summed E-state index contributed by atoms with van der Waals surface area (Å²) in [6.45, 7) is 1.78. The largest absolute Gasteiger partial charge is 0.291 e. The molecular weight excluding hydrogens is 223 g/mol. The Hall–Kier alpha value is -0.900. The third-order valence-corrected chi connectivity index (χ3v) is 2.31. The second-order valence-corrected chi connectivity index (χ2v) is 3.25. The molecule has 62 valence electrons. The highest BCUT2D eigenvalue weighted by atomic mass is 79.9. The molecule has 2 aromatic heterocycles. The second-order valence-electron chi connectivity index (χ2n) is 2.54. The van der Waals surface area contributed by atoms with Gasteiger partial charge in [0.25, 0.3) is 0 Å². The van der Waals surface area contributed by atoms with Gasteiger partial charge < -0.3 is 0 Å². The van der Waals surface area contributed by atoms with Crippen molar-refractivity contribution in [2.24, 2.45) is 0 Å². The minimum absolute atomic E-state index is 0.242. The van der Waals surface area contributed by atoms with E-state index in [-0.39, 0.29) is 5.82 Å². The molecular formula is C8H6BrFN2. The molecule has 12 heavy (non-hydrogen) atoms. The van der Waals surface area contributed by atoms with E-state index < -0.39 is 0 Å². The average molecular weight is 229 g/mol. The van der Waals surface area contributed by atoms with Crippen LogP contribution in [-0.4, -0.2) is 9.38 Å². The highest BCUT2D eigenvalue weighted by Crippen LogP contribution is 2.18. The summed E-state index contributed by atoms with van der Waals surface area (Å²) >= 11 is 3.24. The maximum atomic E-state index is 13.2. The predicted octanol–water partition coefficient (Wildman–Crippen LogP) is 2.54. The molecule has 0 radical (unpaired) electrons. The number of pyridine rings is 1. The maximum Gasteiger partial charge on any atom is 0.182 e. The lowest BCUT2D eigenvalue weighted by atomic mass is 10.3. The SMILES string of the molecule is Cc1nc(Br)n2cccc(F)c12. The van der Waals surface area contributed by atoms with Crippen molar-refractivity contribution in [2.45, 2.75) is 6.92 Å². The first-order valence-electron chi connectivity index (χ1n) is 3.49. The first-order valence-corrected chi connectivity index (χ1v) is 4.28. The Balaban J connectivity index is 2.99. The first kappa shape index (κ1) is 7.73. The fourth-order valence-electron chi connectivity index (χ4n) is 1.23. The fraction of sp³-hybridized carbons (Fsp3) is 0.125. The molecule has 0 spiro atoms. The minimum atomic E-state index is -0.242.